The van der Waals surface area contributed by atoms with Crippen molar-refractivity contribution in [2.75, 3.05) is 0 Å². The highest BCUT2D eigenvalue weighted by Crippen LogP contribution is 1.99. The van der Waals surface area contributed by atoms with Gasteiger partial charge in [0, 0.05) is 0 Å². The molecule has 0 heterocycles. The van der Waals surface area contributed by atoms with E-state index in [0.29, 0.717) is 0 Å². The molecule has 8 heavy (non-hydrogen) atoms. The molecule has 0 N–H and O–H groups in total. The van der Waals surface area contributed by atoms with Gasteiger partial charge < -0.3 is 0 Å². The van der Waals surface area contributed by atoms with Crippen LogP contribution < -0.4 is 0 Å². The van der Waals surface area contributed by atoms with Crippen LogP contribution in [0.5, 0.6) is 0 Å². The fourth-order valence-electron chi connectivity index (χ4n) is 0.478. The monoisotopic (exact) mass is 111 g/mol. The summed E-state index contributed by atoms with van der Waals surface area (Å²) in [5.74, 6) is 0. The molecule has 0 atom stereocenters. The molecule has 0 unspecified atom stereocenters. The Kier molecular flexibility index (Phi) is 4.23. The van der Waals surface area contributed by atoms with Crippen molar-refractivity contribution in [2.45, 2.75) is 19.8 Å². The third kappa shape index (κ3) is 3.59. The summed E-state index contributed by atoms with van der Waals surface area (Å²) in [5, 5.41) is 0. The molecule has 0 aliphatic carbocycles. The molecule has 0 amide bonds. The van der Waals surface area contributed by atoms with Crippen LogP contribution in [-0.2, 0) is 4.79 Å². The van der Waals surface area contributed by atoms with Crippen LogP contribution in [0, 0.1) is 6.92 Å². The summed E-state index contributed by atoms with van der Waals surface area (Å²) in [6, 6.07) is 0. The van der Waals surface area contributed by atoms with Crippen LogP contribution in [0.25, 0.3) is 0 Å². The van der Waals surface area contributed by atoms with Crippen LogP contribution >= 0.6 is 0 Å². The van der Waals surface area contributed by atoms with Gasteiger partial charge in [0.25, 0.3) is 0 Å². The van der Waals surface area contributed by atoms with Crippen molar-refractivity contribution in [1.82, 2.24) is 0 Å². The number of hydrogen-bond donors (Lipinski definition) is 0. The summed E-state index contributed by atoms with van der Waals surface area (Å²) in [5.41, 5.74) is 1.11. The Hall–Kier alpha value is -0.590. The first-order valence-electron chi connectivity index (χ1n) is 2.71. The summed E-state index contributed by atoms with van der Waals surface area (Å²) >= 11 is 0. The number of allylic oxidation sites excluding steroid dienone is 2. The van der Waals surface area contributed by atoms with Gasteiger partial charge in [-0.05, 0) is 25.8 Å². The SMILES string of the molecule is [CH2]CCC(C)=CC=O. The molecule has 1 radical (unpaired) electrons. The lowest BCUT2D eigenvalue weighted by atomic mass is 10.2. The minimum absolute atomic E-state index is 0.811. The molecular formula is C7H11O. The van der Waals surface area contributed by atoms with Gasteiger partial charge >= 0.3 is 0 Å². The Bertz CT molecular complexity index is 92.6. The van der Waals surface area contributed by atoms with Gasteiger partial charge in [-0.2, -0.15) is 0 Å². The minimum atomic E-state index is 0.811. The second kappa shape index (κ2) is 4.57. The van der Waals surface area contributed by atoms with E-state index in [1.54, 1.807) is 6.08 Å². The highest BCUT2D eigenvalue weighted by Gasteiger charge is 1.82. The normalized spacial score (nSPS) is 11.5. The quantitative estimate of drug-likeness (QED) is 0.400. The molecule has 0 aromatic heterocycles. The average molecular weight is 111 g/mol. The van der Waals surface area contributed by atoms with Gasteiger partial charge in [-0.15, -0.1) is 0 Å². The summed E-state index contributed by atoms with van der Waals surface area (Å²) in [6.07, 6.45) is 4.19. The van der Waals surface area contributed by atoms with Gasteiger partial charge in [-0.1, -0.05) is 12.5 Å². The van der Waals surface area contributed by atoms with E-state index in [0.717, 1.165) is 24.7 Å². The molecule has 0 spiro atoms. The van der Waals surface area contributed by atoms with E-state index >= 15 is 0 Å². The second-order valence-electron chi connectivity index (χ2n) is 1.75. The Morgan fingerprint density at radius 2 is 2.38 bits per heavy atom. The van der Waals surface area contributed by atoms with E-state index in [1.807, 2.05) is 6.92 Å². The maximum absolute atomic E-state index is 9.79. The highest BCUT2D eigenvalue weighted by atomic mass is 16.1. The van der Waals surface area contributed by atoms with E-state index in [9.17, 15) is 4.79 Å². The molecule has 1 nitrogen and oxygen atoms in total. The van der Waals surface area contributed by atoms with E-state index in [1.165, 1.54) is 0 Å². The maximum atomic E-state index is 9.79. The van der Waals surface area contributed by atoms with Crippen LogP contribution in [-0.4, -0.2) is 6.29 Å². The lowest BCUT2D eigenvalue weighted by Gasteiger charge is -1.90. The summed E-state index contributed by atoms with van der Waals surface area (Å²) in [7, 11) is 0. The molecule has 0 fully saturated rings. The molecule has 0 aliphatic heterocycles. The topological polar surface area (TPSA) is 17.1 Å². The third-order valence-electron chi connectivity index (χ3n) is 0.924. The molecule has 0 aromatic carbocycles. The highest BCUT2D eigenvalue weighted by molar-refractivity contribution is 5.65. The third-order valence-corrected chi connectivity index (χ3v) is 0.924. The van der Waals surface area contributed by atoms with Crippen molar-refractivity contribution in [1.29, 1.82) is 0 Å². The van der Waals surface area contributed by atoms with Crippen LogP contribution in [0.15, 0.2) is 11.6 Å². The molecule has 0 bridgehead atoms. The summed E-state index contributed by atoms with van der Waals surface area (Å²) in [4.78, 5) is 9.79. The lowest BCUT2D eigenvalue weighted by Crippen LogP contribution is -1.74. The molecular weight excluding hydrogens is 100 g/mol. The van der Waals surface area contributed by atoms with E-state index in [4.69, 9.17) is 0 Å². The fraction of sp³-hybridized carbons (Fsp3) is 0.429. The molecule has 0 aromatic rings. The number of carbonyl (C=O) groups excluding carboxylic acids is 1. The number of aldehydes is 1. The van der Waals surface area contributed by atoms with Gasteiger partial charge in [0.2, 0.25) is 0 Å². The summed E-state index contributed by atoms with van der Waals surface area (Å²) < 4.78 is 0. The van der Waals surface area contributed by atoms with Crippen molar-refractivity contribution < 1.29 is 4.79 Å². The largest absolute Gasteiger partial charge is 0.299 e. The Labute approximate surface area is 50.4 Å². The smallest absolute Gasteiger partial charge is 0.142 e. The molecule has 1 heteroatoms. The van der Waals surface area contributed by atoms with Gasteiger partial charge in [0.05, 0.1) is 0 Å². The zero-order valence-electron chi connectivity index (χ0n) is 5.18. The zero-order chi connectivity index (χ0) is 6.41. The van der Waals surface area contributed by atoms with Crippen molar-refractivity contribution >= 4 is 6.29 Å². The number of hydrogen-bond acceptors (Lipinski definition) is 1. The molecule has 45 valence electrons. The fourth-order valence-corrected chi connectivity index (χ4v) is 0.478. The zero-order valence-corrected chi connectivity index (χ0v) is 5.18. The molecule has 0 saturated carbocycles. The second-order valence-corrected chi connectivity index (χ2v) is 1.75. The van der Waals surface area contributed by atoms with Gasteiger partial charge in [0.1, 0.15) is 6.29 Å². The van der Waals surface area contributed by atoms with Gasteiger partial charge in [0.15, 0.2) is 0 Å². The lowest BCUT2D eigenvalue weighted by molar-refractivity contribution is -0.104. The predicted molar refractivity (Wildman–Crippen MR) is 34.4 cm³/mol. The first kappa shape index (κ1) is 7.41. The maximum Gasteiger partial charge on any atom is 0.142 e. The van der Waals surface area contributed by atoms with Crippen LogP contribution in [0.4, 0.5) is 0 Å². The van der Waals surface area contributed by atoms with Crippen LogP contribution in [0.2, 0.25) is 0 Å². The predicted octanol–water partition coefficient (Wildman–Crippen LogP) is 1.75. The van der Waals surface area contributed by atoms with Crippen LogP contribution in [0.1, 0.15) is 19.8 Å². The van der Waals surface area contributed by atoms with Gasteiger partial charge in [-0.25, -0.2) is 0 Å². The molecule has 0 rings (SSSR count). The van der Waals surface area contributed by atoms with Crippen molar-refractivity contribution in [3.63, 3.8) is 0 Å². The van der Waals surface area contributed by atoms with E-state index in [2.05, 4.69) is 6.92 Å². The number of carbonyl (C=O) groups is 1. The Balaban J connectivity index is 3.44. The van der Waals surface area contributed by atoms with Crippen molar-refractivity contribution in [2.24, 2.45) is 0 Å². The van der Waals surface area contributed by atoms with E-state index in [-0.39, 0.29) is 0 Å². The first-order valence-corrected chi connectivity index (χ1v) is 2.71. The Morgan fingerprint density at radius 1 is 1.75 bits per heavy atom. The van der Waals surface area contributed by atoms with E-state index < -0.39 is 0 Å². The minimum Gasteiger partial charge on any atom is -0.299 e. The van der Waals surface area contributed by atoms with Crippen molar-refractivity contribution in [3.8, 4) is 0 Å². The van der Waals surface area contributed by atoms with Crippen molar-refractivity contribution in [3.05, 3.63) is 18.6 Å². The first-order chi connectivity index (χ1) is 3.81. The number of rotatable bonds is 3. The Morgan fingerprint density at radius 3 is 2.75 bits per heavy atom. The average Bonchev–Trinajstić information content (AvgIpc) is 1.68. The van der Waals surface area contributed by atoms with Crippen LogP contribution in [0.3, 0.4) is 0 Å². The van der Waals surface area contributed by atoms with Gasteiger partial charge in [-0.3, -0.25) is 4.79 Å². The standard InChI is InChI=1S/C7H11O/c1-3-4-7(2)5-6-8/h5-6H,1,3-4H2,2H3. The molecule has 0 aliphatic rings. The summed E-state index contributed by atoms with van der Waals surface area (Å²) in [6.45, 7) is 5.58. The molecule has 0 saturated heterocycles.